The van der Waals surface area contributed by atoms with Crippen LogP contribution in [0.25, 0.3) is 10.2 Å². The molecule has 0 unspecified atom stereocenters. The van der Waals surface area contributed by atoms with E-state index in [1.807, 2.05) is 0 Å². The Morgan fingerprint density at radius 2 is 1.74 bits per heavy atom. The number of carbonyl (C=O) groups excluding carboxylic acids is 2. The number of amides is 1. The number of benzene rings is 2. The summed E-state index contributed by atoms with van der Waals surface area (Å²) in [5.41, 5.74) is 0.693. The van der Waals surface area contributed by atoms with Gasteiger partial charge in [0.2, 0.25) is 10.0 Å². The van der Waals surface area contributed by atoms with Crippen LogP contribution >= 0.6 is 34.5 Å². The molecule has 186 valence electrons. The van der Waals surface area contributed by atoms with Gasteiger partial charge in [-0.15, -0.1) is 0 Å². The van der Waals surface area contributed by atoms with Crippen LogP contribution in [0.15, 0.2) is 46.3 Å². The molecule has 0 spiro atoms. The van der Waals surface area contributed by atoms with Gasteiger partial charge in [-0.3, -0.25) is 9.59 Å². The molecule has 1 saturated heterocycles. The van der Waals surface area contributed by atoms with Crippen molar-refractivity contribution in [3.63, 3.8) is 0 Å². The van der Waals surface area contributed by atoms with E-state index in [2.05, 4.69) is 4.99 Å². The van der Waals surface area contributed by atoms with Crippen LogP contribution in [0, 0.1) is 0 Å². The van der Waals surface area contributed by atoms with Gasteiger partial charge >= 0.3 is 5.97 Å². The molecule has 8 nitrogen and oxygen atoms in total. The first-order valence-corrected chi connectivity index (χ1v) is 14.1. The second kappa shape index (κ2) is 10.8. The van der Waals surface area contributed by atoms with Crippen molar-refractivity contribution in [2.45, 2.75) is 37.6 Å². The van der Waals surface area contributed by atoms with Crippen molar-refractivity contribution in [3.05, 3.63) is 56.8 Å². The minimum atomic E-state index is -3.60. The maximum absolute atomic E-state index is 13.0. The number of esters is 1. The molecule has 12 heteroatoms. The second-order valence-electron chi connectivity index (χ2n) is 7.89. The van der Waals surface area contributed by atoms with Crippen molar-refractivity contribution in [3.8, 4) is 0 Å². The molecule has 0 radical (unpaired) electrons. The number of ether oxygens (including phenoxy) is 1. The lowest BCUT2D eigenvalue weighted by atomic mass is 10.2. The van der Waals surface area contributed by atoms with Gasteiger partial charge in [-0.05, 0) is 56.2 Å². The molecule has 1 aliphatic heterocycles. The molecule has 35 heavy (non-hydrogen) atoms. The zero-order chi connectivity index (χ0) is 25.2. The van der Waals surface area contributed by atoms with Crippen molar-refractivity contribution in [2.24, 2.45) is 4.99 Å². The highest BCUT2D eigenvalue weighted by Gasteiger charge is 2.26. The normalized spacial score (nSPS) is 15.5. The number of hydrogen-bond acceptors (Lipinski definition) is 6. The average Bonchev–Trinajstić information content (AvgIpc) is 3.19. The van der Waals surface area contributed by atoms with Crippen LogP contribution in [0.4, 0.5) is 0 Å². The number of fused-ring (bicyclic) bond motifs is 1. The number of thiazole rings is 1. The maximum Gasteiger partial charge on any atom is 0.326 e. The maximum atomic E-state index is 13.0. The van der Waals surface area contributed by atoms with Gasteiger partial charge in [-0.2, -0.15) is 9.30 Å². The van der Waals surface area contributed by atoms with E-state index in [-0.39, 0.29) is 33.4 Å². The van der Waals surface area contributed by atoms with Gasteiger partial charge in [0.05, 0.1) is 31.8 Å². The number of hydrogen-bond donors (Lipinski definition) is 0. The Bertz CT molecular complexity index is 1440. The lowest BCUT2D eigenvalue weighted by molar-refractivity contribution is -0.143. The average molecular weight is 556 g/mol. The smallest absolute Gasteiger partial charge is 0.326 e. The first-order chi connectivity index (χ1) is 16.7. The van der Waals surface area contributed by atoms with E-state index in [0.29, 0.717) is 28.3 Å². The fourth-order valence-electron chi connectivity index (χ4n) is 3.85. The minimum Gasteiger partial charge on any atom is -0.465 e. The summed E-state index contributed by atoms with van der Waals surface area (Å²) in [6, 6.07) is 9.08. The van der Waals surface area contributed by atoms with Crippen LogP contribution < -0.4 is 4.80 Å². The van der Waals surface area contributed by atoms with Gasteiger partial charge in [0, 0.05) is 18.7 Å². The number of halogens is 2. The fraction of sp³-hybridized carbons (Fsp3) is 0.348. The Morgan fingerprint density at radius 3 is 2.40 bits per heavy atom. The number of carbonyl (C=O) groups is 2. The molecule has 2 heterocycles. The monoisotopic (exact) mass is 555 g/mol. The first kappa shape index (κ1) is 25.8. The van der Waals surface area contributed by atoms with E-state index < -0.39 is 21.9 Å². The third kappa shape index (κ3) is 5.46. The zero-order valence-corrected chi connectivity index (χ0v) is 22.0. The van der Waals surface area contributed by atoms with E-state index in [1.165, 1.54) is 44.5 Å². The molecule has 0 N–H and O–H groups in total. The first-order valence-electron chi connectivity index (χ1n) is 11.0. The lowest BCUT2D eigenvalue weighted by Crippen LogP contribution is -2.35. The third-order valence-corrected chi connectivity index (χ3v) is 9.33. The quantitative estimate of drug-likeness (QED) is 0.417. The third-order valence-electron chi connectivity index (χ3n) is 5.58. The summed E-state index contributed by atoms with van der Waals surface area (Å²) in [7, 11) is -3.60. The molecule has 1 amide bonds. The Balaban J connectivity index is 1.69. The fourth-order valence-corrected chi connectivity index (χ4v) is 6.87. The summed E-state index contributed by atoms with van der Waals surface area (Å²) in [4.78, 5) is 29.8. The summed E-state index contributed by atoms with van der Waals surface area (Å²) >= 11 is 13.7. The summed E-state index contributed by atoms with van der Waals surface area (Å²) in [6.45, 7) is 2.69. The van der Waals surface area contributed by atoms with Crippen LogP contribution in [-0.4, -0.2) is 48.9 Å². The van der Waals surface area contributed by atoms with Crippen molar-refractivity contribution < 1.29 is 22.7 Å². The molecule has 1 aromatic heterocycles. The SMILES string of the molecule is CCOC(=O)Cn1c(=NC(=O)c2ccc(S(=O)(=O)N3CCCCC3)cc2)sc2ccc(Cl)c(Cl)c21. The number of nitrogens with zero attached hydrogens (tertiary/aromatic N) is 3. The van der Waals surface area contributed by atoms with Crippen LogP contribution in [0.2, 0.25) is 10.0 Å². The van der Waals surface area contributed by atoms with Crippen molar-refractivity contribution >= 4 is 66.7 Å². The molecule has 4 rings (SSSR count). The molecular weight excluding hydrogens is 533 g/mol. The number of aromatic nitrogens is 1. The van der Waals surface area contributed by atoms with Gasteiger partial charge in [0.25, 0.3) is 5.91 Å². The van der Waals surface area contributed by atoms with Crippen LogP contribution in [0.3, 0.4) is 0 Å². The summed E-state index contributed by atoms with van der Waals surface area (Å²) < 4.78 is 34.5. The molecular formula is C23H23Cl2N3O5S2. The predicted molar refractivity (Wildman–Crippen MR) is 135 cm³/mol. The van der Waals surface area contributed by atoms with Gasteiger partial charge in [-0.1, -0.05) is 41.0 Å². The molecule has 0 aliphatic carbocycles. The van der Waals surface area contributed by atoms with E-state index >= 15 is 0 Å². The molecule has 0 atom stereocenters. The Kier molecular flexibility index (Phi) is 7.97. The van der Waals surface area contributed by atoms with E-state index in [0.717, 1.165) is 19.3 Å². The number of sulfonamides is 1. The number of rotatable bonds is 6. The Hall–Kier alpha value is -2.24. The largest absolute Gasteiger partial charge is 0.465 e. The van der Waals surface area contributed by atoms with Gasteiger partial charge in [0.1, 0.15) is 6.54 Å². The zero-order valence-electron chi connectivity index (χ0n) is 18.9. The predicted octanol–water partition coefficient (Wildman–Crippen LogP) is 4.49. The summed E-state index contributed by atoms with van der Waals surface area (Å²) in [5.74, 6) is -1.09. The summed E-state index contributed by atoms with van der Waals surface area (Å²) in [6.07, 6.45) is 2.70. The Morgan fingerprint density at radius 1 is 1.06 bits per heavy atom. The van der Waals surface area contributed by atoms with Crippen LogP contribution in [0.5, 0.6) is 0 Å². The molecule has 1 aliphatic rings. The van der Waals surface area contributed by atoms with Crippen molar-refractivity contribution in [1.29, 1.82) is 0 Å². The van der Waals surface area contributed by atoms with Gasteiger partial charge in [0.15, 0.2) is 4.80 Å². The van der Waals surface area contributed by atoms with E-state index in [9.17, 15) is 18.0 Å². The highest BCUT2D eigenvalue weighted by atomic mass is 35.5. The molecule has 2 aromatic carbocycles. The van der Waals surface area contributed by atoms with E-state index in [4.69, 9.17) is 27.9 Å². The molecule has 0 bridgehead atoms. The standard InChI is InChI=1S/C23H23Cl2N3O5S2/c1-2-33-19(29)14-28-21-18(11-10-17(24)20(21)25)34-23(28)26-22(30)15-6-8-16(9-7-15)35(31,32)27-12-4-3-5-13-27/h6-11H,2-5,12-14H2,1H3. The molecule has 3 aromatic rings. The van der Waals surface area contributed by atoms with Crippen molar-refractivity contribution in [2.75, 3.05) is 19.7 Å². The molecule has 0 saturated carbocycles. The second-order valence-corrected chi connectivity index (χ2v) is 11.6. The minimum absolute atomic E-state index is 0.136. The highest BCUT2D eigenvalue weighted by Crippen LogP contribution is 2.32. The topological polar surface area (TPSA) is 98.0 Å². The molecule has 1 fully saturated rings. The highest BCUT2D eigenvalue weighted by molar-refractivity contribution is 7.89. The lowest BCUT2D eigenvalue weighted by Gasteiger charge is -2.25. The van der Waals surface area contributed by atoms with E-state index in [1.54, 1.807) is 19.1 Å². The summed E-state index contributed by atoms with van der Waals surface area (Å²) in [5, 5.41) is 0.545. The van der Waals surface area contributed by atoms with Gasteiger partial charge < -0.3 is 9.30 Å². The van der Waals surface area contributed by atoms with Crippen LogP contribution in [-0.2, 0) is 26.1 Å². The van der Waals surface area contributed by atoms with Crippen LogP contribution in [0.1, 0.15) is 36.5 Å². The van der Waals surface area contributed by atoms with Crippen molar-refractivity contribution in [1.82, 2.24) is 8.87 Å². The van der Waals surface area contributed by atoms with Gasteiger partial charge in [-0.25, -0.2) is 8.42 Å². The Labute approximate surface area is 216 Å². The number of piperidine rings is 1.